The van der Waals surface area contributed by atoms with E-state index in [2.05, 4.69) is 5.16 Å². The van der Waals surface area contributed by atoms with E-state index in [4.69, 9.17) is 14.7 Å². The van der Waals surface area contributed by atoms with Crippen LogP contribution in [0.3, 0.4) is 0 Å². The maximum absolute atomic E-state index is 8.92. The van der Waals surface area contributed by atoms with Crippen molar-refractivity contribution in [1.29, 1.82) is 0 Å². The molecule has 1 aliphatic carbocycles. The van der Waals surface area contributed by atoms with E-state index < -0.39 is 0 Å². The fraction of sp³-hybridized carbons (Fsp3) is 0.917. The molecule has 0 aromatic carbocycles. The fourth-order valence-electron chi connectivity index (χ4n) is 2.55. The molecule has 1 atom stereocenters. The Morgan fingerprint density at radius 3 is 2.69 bits per heavy atom. The fourth-order valence-corrected chi connectivity index (χ4v) is 2.55. The zero-order valence-corrected chi connectivity index (χ0v) is 9.73. The molecule has 0 amide bonds. The molecule has 1 N–H and O–H groups in total. The van der Waals surface area contributed by atoms with E-state index in [1.807, 2.05) is 0 Å². The van der Waals surface area contributed by atoms with Gasteiger partial charge in [0, 0.05) is 5.92 Å². The second-order valence-corrected chi connectivity index (χ2v) is 4.64. The molecule has 4 nitrogen and oxygen atoms in total. The van der Waals surface area contributed by atoms with Crippen LogP contribution in [0.15, 0.2) is 5.16 Å². The lowest BCUT2D eigenvalue weighted by atomic mass is 9.84. The number of ether oxygens (including phenoxy) is 2. The summed E-state index contributed by atoms with van der Waals surface area (Å²) in [7, 11) is 0. The van der Waals surface area contributed by atoms with E-state index in [0.29, 0.717) is 5.92 Å². The average Bonchev–Trinajstić information content (AvgIpc) is 2.38. The Morgan fingerprint density at radius 1 is 1.12 bits per heavy atom. The maximum Gasteiger partial charge on any atom is 0.157 e. The first-order chi connectivity index (χ1) is 7.90. The summed E-state index contributed by atoms with van der Waals surface area (Å²) in [5.74, 6) is 0.438. The van der Waals surface area contributed by atoms with Gasteiger partial charge in [0.25, 0.3) is 0 Å². The highest BCUT2D eigenvalue weighted by atomic mass is 16.7. The molecule has 1 heterocycles. The molecule has 1 saturated carbocycles. The molecule has 0 radical (unpaired) electrons. The lowest BCUT2D eigenvalue weighted by molar-refractivity contribution is -0.182. The van der Waals surface area contributed by atoms with Crippen molar-refractivity contribution < 1.29 is 14.7 Å². The third-order valence-corrected chi connectivity index (χ3v) is 3.48. The normalized spacial score (nSPS) is 30.8. The summed E-state index contributed by atoms with van der Waals surface area (Å²) in [5, 5.41) is 12.4. The lowest BCUT2D eigenvalue weighted by Gasteiger charge is -2.27. The van der Waals surface area contributed by atoms with Crippen LogP contribution >= 0.6 is 0 Å². The summed E-state index contributed by atoms with van der Waals surface area (Å²) in [5.41, 5.74) is 0.974. The van der Waals surface area contributed by atoms with E-state index in [0.717, 1.165) is 57.5 Å². The molecule has 0 aromatic rings. The average molecular weight is 227 g/mol. The predicted octanol–water partition coefficient (Wildman–Crippen LogP) is 2.55. The summed E-state index contributed by atoms with van der Waals surface area (Å²) in [4.78, 5) is 0. The van der Waals surface area contributed by atoms with Crippen LogP contribution in [0.4, 0.5) is 0 Å². The van der Waals surface area contributed by atoms with Gasteiger partial charge >= 0.3 is 0 Å². The van der Waals surface area contributed by atoms with Crippen molar-refractivity contribution in [2.45, 2.75) is 51.2 Å². The molecule has 1 saturated heterocycles. The van der Waals surface area contributed by atoms with Crippen LogP contribution in [0, 0.1) is 5.92 Å². The molecule has 92 valence electrons. The van der Waals surface area contributed by atoms with Gasteiger partial charge in [0.05, 0.1) is 18.9 Å². The second kappa shape index (κ2) is 6.21. The summed E-state index contributed by atoms with van der Waals surface area (Å²) in [6, 6.07) is 0. The minimum absolute atomic E-state index is 0.0318. The van der Waals surface area contributed by atoms with E-state index >= 15 is 0 Å². The smallest absolute Gasteiger partial charge is 0.157 e. The monoisotopic (exact) mass is 227 g/mol. The van der Waals surface area contributed by atoms with Crippen LogP contribution in [0.2, 0.25) is 0 Å². The van der Waals surface area contributed by atoms with Gasteiger partial charge in [-0.3, -0.25) is 0 Å². The van der Waals surface area contributed by atoms with Crippen LogP contribution < -0.4 is 0 Å². The molecule has 1 aliphatic heterocycles. The van der Waals surface area contributed by atoms with Crippen molar-refractivity contribution in [1.82, 2.24) is 0 Å². The van der Waals surface area contributed by atoms with Crippen LogP contribution in [0.1, 0.15) is 44.9 Å². The van der Waals surface area contributed by atoms with Crippen LogP contribution in [0.5, 0.6) is 0 Å². The van der Waals surface area contributed by atoms with E-state index in [-0.39, 0.29) is 6.29 Å². The van der Waals surface area contributed by atoms with E-state index in [1.54, 1.807) is 0 Å². The number of hydrogen-bond acceptors (Lipinski definition) is 4. The summed E-state index contributed by atoms with van der Waals surface area (Å²) in [6.07, 6.45) is 7.41. The highest BCUT2D eigenvalue weighted by Gasteiger charge is 2.23. The highest BCUT2D eigenvalue weighted by Crippen LogP contribution is 2.27. The van der Waals surface area contributed by atoms with Crippen LogP contribution in [0.25, 0.3) is 0 Å². The Morgan fingerprint density at radius 2 is 1.94 bits per heavy atom. The molecule has 0 bridgehead atoms. The Bertz CT molecular complexity index is 236. The molecule has 0 spiro atoms. The highest BCUT2D eigenvalue weighted by molar-refractivity contribution is 5.86. The van der Waals surface area contributed by atoms with Gasteiger partial charge in [-0.15, -0.1) is 0 Å². The molecule has 0 aromatic heterocycles. The van der Waals surface area contributed by atoms with Crippen molar-refractivity contribution in [3.05, 3.63) is 0 Å². The molecular weight excluding hydrogens is 206 g/mol. The van der Waals surface area contributed by atoms with E-state index in [9.17, 15) is 0 Å². The van der Waals surface area contributed by atoms with Gasteiger partial charge < -0.3 is 14.7 Å². The quantitative estimate of drug-likeness (QED) is 0.595. The molecule has 16 heavy (non-hydrogen) atoms. The third-order valence-electron chi connectivity index (χ3n) is 3.48. The van der Waals surface area contributed by atoms with Gasteiger partial charge in [0.2, 0.25) is 0 Å². The maximum atomic E-state index is 8.92. The number of rotatable bonds is 3. The minimum atomic E-state index is -0.0318. The summed E-state index contributed by atoms with van der Waals surface area (Å²) < 4.78 is 11.0. The number of oxime groups is 1. The minimum Gasteiger partial charge on any atom is -0.411 e. The predicted molar refractivity (Wildman–Crippen MR) is 60.7 cm³/mol. The van der Waals surface area contributed by atoms with Gasteiger partial charge in [-0.05, 0) is 38.5 Å². The Labute approximate surface area is 96.6 Å². The van der Waals surface area contributed by atoms with Crippen molar-refractivity contribution in [3.63, 3.8) is 0 Å². The van der Waals surface area contributed by atoms with E-state index in [1.165, 1.54) is 6.42 Å². The summed E-state index contributed by atoms with van der Waals surface area (Å²) in [6.45, 7) is 1.63. The van der Waals surface area contributed by atoms with Crippen molar-refractivity contribution in [2.24, 2.45) is 11.1 Å². The summed E-state index contributed by atoms with van der Waals surface area (Å²) >= 11 is 0. The number of nitrogens with zero attached hydrogens (tertiary/aromatic N) is 1. The standard InChI is InChI=1S/C12H21NO3/c14-13-11-5-2-1-4-10(11)6-7-12-15-8-3-9-16-12/h10,12,14H,1-9H2/b13-11+. The SMILES string of the molecule is O/N=C1\CCCCC1CCC1OCCCO1. The van der Waals surface area contributed by atoms with Gasteiger partial charge in [0.1, 0.15) is 0 Å². The van der Waals surface area contributed by atoms with Gasteiger partial charge in [-0.1, -0.05) is 11.6 Å². The first-order valence-corrected chi connectivity index (χ1v) is 6.34. The molecule has 2 fully saturated rings. The van der Waals surface area contributed by atoms with Gasteiger partial charge in [0.15, 0.2) is 6.29 Å². The topological polar surface area (TPSA) is 51.1 Å². The molecule has 2 aliphatic rings. The molecule has 1 unspecified atom stereocenters. The number of hydrogen-bond donors (Lipinski definition) is 1. The van der Waals surface area contributed by atoms with Crippen molar-refractivity contribution >= 4 is 5.71 Å². The third kappa shape index (κ3) is 3.19. The van der Waals surface area contributed by atoms with Crippen LogP contribution in [-0.4, -0.2) is 30.4 Å². The molecule has 2 rings (SSSR count). The first kappa shape index (κ1) is 11.9. The van der Waals surface area contributed by atoms with Crippen molar-refractivity contribution in [2.75, 3.05) is 13.2 Å². The second-order valence-electron chi connectivity index (χ2n) is 4.64. The first-order valence-electron chi connectivity index (χ1n) is 6.34. The zero-order chi connectivity index (χ0) is 11.2. The Hall–Kier alpha value is -0.610. The van der Waals surface area contributed by atoms with Crippen molar-refractivity contribution in [3.8, 4) is 0 Å². The molecule has 4 heteroatoms. The molecular formula is C12H21NO3. The van der Waals surface area contributed by atoms with Crippen LogP contribution in [-0.2, 0) is 9.47 Å². The largest absolute Gasteiger partial charge is 0.411 e. The van der Waals surface area contributed by atoms with Gasteiger partial charge in [-0.25, -0.2) is 0 Å². The lowest BCUT2D eigenvalue weighted by Crippen LogP contribution is -2.27. The Kier molecular flexibility index (Phi) is 4.60. The zero-order valence-electron chi connectivity index (χ0n) is 9.73. The Balaban J connectivity index is 1.74. The van der Waals surface area contributed by atoms with Gasteiger partial charge in [-0.2, -0.15) is 0 Å².